The van der Waals surface area contributed by atoms with E-state index in [1.54, 1.807) is 4.90 Å². The average molecular weight is 350 g/mol. The fourth-order valence-electron chi connectivity index (χ4n) is 2.46. The van der Waals surface area contributed by atoms with Crippen LogP contribution in [0.1, 0.15) is 72.9 Å². The maximum absolute atomic E-state index is 12.9. The molecular weight excluding hydrogens is 328 g/mol. The van der Waals surface area contributed by atoms with E-state index >= 15 is 0 Å². The van der Waals surface area contributed by atoms with Gasteiger partial charge < -0.3 is 14.1 Å². The lowest BCUT2D eigenvalue weighted by atomic mass is 10.2. The summed E-state index contributed by atoms with van der Waals surface area (Å²) in [5, 5.41) is 11.0. The molecule has 0 radical (unpaired) electrons. The lowest BCUT2D eigenvalue weighted by molar-refractivity contribution is -0.0110. The van der Waals surface area contributed by atoms with Gasteiger partial charge in [0.1, 0.15) is 11.7 Å². The van der Waals surface area contributed by atoms with Crippen LogP contribution in [0.3, 0.4) is 0 Å². The van der Waals surface area contributed by atoms with Crippen LogP contribution in [0.5, 0.6) is 0 Å². The van der Waals surface area contributed by atoms with E-state index in [2.05, 4.69) is 29.0 Å². The van der Waals surface area contributed by atoms with Gasteiger partial charge in [-0.15, -0.1) is 21.5 Å². The van der Waals surface area contributed by atoms with Gasteiger partial charge in [0.15, 0.2) is 0 Å². The highest BCUT2D eigenvalue weighted by atomic mass is 32.1. The highest BCUT2D eigenvalue weighted by molar-refractivity contribution is 7.09. The van der Waals surface area contributed by atoms with Crippen molar-refractivity contribution < 1.29 is 13.9 Å². The first-order valence-corrected chi connectivity index (χ1v) is 9.02. The standard InChI is InChI=1S/C16H22N4O3S/c1-9(2)13-18-19-14(23-13)12-7-22-6-5-20(12)16(21)11-8-24-15(17-11)10(3)4/h8-10,12H,5-7H2,1-4H3/t12-/m1/s1. The number of ether oxygens (including phenoxy) is 1. The minimum atomic E-state index is -0.365. The van der Waals surface area contributed by atoms with Crippen molar-refractivity contribution in [3.63, 3.8) is 0 Å². The zero-order valence-electron chi connectivity index (χ0n) is 14.4. The number of thiazole rings is 1. The lowest BCUT2D eigenvalue weighted by Crippen LogP contribution is -2.43. The minimum Gasteiger partial charge on any atom is -0.423 e. The molecule has 8 heteroatoms. The zero-order chi connectivity index (χ0) is 17.3. The zero-order valence-corrected chi connectivity index (χ0v) is 15.2. The molecule has 0 unspecified atom stereocenters. The van der Waals surface area contributed by atoms with Gasteiger partial charge in [-0.1, -0.05) is 27.7 Å². The summed E-state index contributed by atoms with van der Waals surface area (Å²) in [6, 6.07) is -0.365. The van der Waals surface area contributed by atoms with E-state index in [1.165, 1.54) is 11.3 Å². The van der Waals surface area contributed by atoms with Crippen LogP contribution in [0, 0.1) is 0 Å². The molecule has 0 spiro atoms. The van der Waals surface area contributed by atoms with Crippen LogP contribution in [-0.4, -0.2) is 45.7 Å². The van der Waals surface area contributed by atoms with E-state index in [0.29, 0.717) is 43.2 Å². The summed E-state index contributed by atoms with van der Waals surface area (Å²) in [5.41, 5.74) is 0.471. The van der Waals surface area contributed by atoms with Crippen molar-refractivity contribution >= 4 is 17.2 Å². The van der Waals surface area contributed by atoms with Crippen molar-refractivity contribution in [2.75, 3.05) is 19.8 Å². The molecule has 130 valence electrons. The van der Waals surface area contributed by atoms with Crippen LogP contribution >= 0.6 is 11.3 Å². The molecule has 0 aromatic carbocycles. The van der Waals surface area contributed by atoms with Crippen molar-refractivity contribution in [3.05, 3.63) is 27.9 Å². The number of morpholine rings is 1. The van der Waals surface area contributed by atoms with Crippen LogP contribution in [0.25, 0.3) is 0 Å². The van der Waals surface area contributed by atoms with Crippen molar-refractivity contribution in [2.24, 2.45) is 0 Å². The molecule has 2 aromatic rings. The van der Waals surface area contributed by atoms with Gasteiger partial charge in [-0.2, -0.15) is 0 Å². The Bertz CT molecular complexity index is 710. The number of hydrogen-bond donors (Lipinski definition) is 0. The molecule has 0 saturated carbocycles. The first-order valence-electron chi connectivity index (χ1n) is 8.14. The molecule has 1 saturated heterocycles. The predicted octanol–water partition coefficient (Wildman–Crippen LogP) is 2.99. The molecule has 1 aliphatic rings. The molecule has 0 bridgehead atoms. The summed E-state index contributed by atoms with van der Waals surface area (Å²) in [7, 11) is 0. The van der Waals surface area contributed by atoms with Gasteiger partial charge in [-0.25, -0.2) is 4.98 Å². The van der Waals surface area contributed by atoms with E-state index in [-0.39, 0.29) is 17.9 Å². The molecule has 3 heterocycles. The van der Waals surface area contributed by atoms with Crippen molar-refractivity contribution in [3.8, 4) is 0 Å². The summed E-state index contributed by atoms with van der Waals surface area (Å²) in [4.78, 5) is 19.1. The maximum atomic E-state index is 12.9. The predicted molar refractivity (Wildman–Crippen MR) is 89.2 cm³/mol. The van der Waals surface area contributed by atoms with E-state index < -0.39 is 0 Å². The fraction of sp³-hybridized carbons (Fsp3) is 0.625. The number of carbonyl (C=O) groups is 1. The lowest BCUT2D eigenvalue weighted by Gasteiger charge is -2.32. The summed E-state index contributed by atoms with van der Waals surface area (Å²) < 4.78 is 11.3. The number of amides is 1. The maximum Gasteiger partial charge on any atom is 0.274 e. The van der Waals surface area contributed by atoms with E-state index in [1.807, 2.05) is 19.2 Å². The molecule has 1 aliphatic heterocycles. The smallest absolute Gasteiger partial charge is 0.274 e. The molecule has 0 aliphatic carbocycles. The Morgan fingerprint density at radius 2 is 2.08 bits per heavy atom. The molecule has 3 rings (SSSR count). The quantitative estimate of drug-likeness (QED) is 0.843. The van der Waals surface area contributed by atoms with Crippen LogP contribution in [0.15, 0.2) is 9.80 Å². The summed E-state index contributed by atoms with van der Waals surface area (Å²) in [5.74, 6) is 1.33. The minimum absolute atomic E-state index is 0.115. The highest BCUT2D eigenvalue weighted by Crippen LogP contribution is 2.28. The molecule has 0 N–H and O–H groups in total. The number of rotatable bonds is 4. The molecule has 1 fully saturated rings. The van der Waals surface area contributed by atoms with Gasteiger partial charge in [0.25, 0.3) is 5.91 Å². The number of aromatic nitrogens is 3. The Labute approximate surface area is 145 Å². The second-order valence-electron chi connectivity index (χ2n) is 6.45. The Morgan fingerprint density at radius 3 is 2.71 bits per heavy atom. The molecule has 7 nitrogen and oxygen atoms in total. The van der Waals surface area contributed by atoms with Gasteiger partial charge >= 0.3 is 0 Å². The molecule has 1 amide bonds. The first kappa shape index (κ1) is 17.0. The van der Waals surface area contributed by atoms with Crippen LogP contribution < -0.4 is 0 Å². The second kappa shape index (κ2) is 6.98. The van der Waals surface area contributed by atoms with Crippen molar-refractivity contribution in [1.29, 1.82) is 0 Å². The van der Waals surface area contributed by atoms with E-state index in [9.17, 15) is 4.79 Å². The summed E-state index contributed by atoms with van der Waals surface area (Å²) in [6.07, 6.45) is 0. The normalized spacial score (nSPS) is 18.6. The van der Waals surface area contributed by atoms with E-state index in [0.717, 1.165) is 5.01 Å². The Morgan fingerprint density at radius 1 is 1.29 bits per heavy atom. The molecule has 1 atom stereocenters. The third-order valence-electron chi connectivity index (χ3n) is 3.86. The molecular formula is C16H22N4O3S. The van der Waals surface area contributed by atoms with E-state index in [4.69, 9.17) is 9.15 Å². The number of nitrogens with zero attached hydrogens (tertiary/aromatic N) is 4. The van der Waals surface area contributed by atoms with Crippen molar-refractivity contribution in [2.45, 2.75) is 45.6 Å². The Hall–Kier alpha value is -1.80. The van der Waals surface area contributed by atoms with Gasteiger partial charge in [-0.3, -0.25) is 4.79 Å². The highest BCUT2D eigenvalue weighted by Gasteiger charge is 2.34. The van der Waals surface area contributed by atoms with Crippen LogP contribution in [0.2, 0.25) is 0 Å². The van der Waals surface area contributed by atoms with Crippen LogP contribution in [-0.2, 0) is 4.74 Å². The summed E-state index contributed by atoms with van der Waals surface area (Å²) >= 11 is 1.51. The fourth-order valence-corrected chi connectivity index (χ4v) is 3.27. The average Bonchev–Trinajstić information content (AvgIpc) is 3.23. The Balaban J connectivity index is 1.84. The number of hydrogen-bond acceptors (Lipinski definition) is 7. The number of carbonyl (C=O) groups excluding carboxylic acids is 1. The second-order valence-corrected chi connectivity index (χ2v) is 7.34. The van der Waals surface area contributed by atoms with Crippen molar-refractivity contribution in [1.82, 2.24) is 20.1 Å². The SMILES string of the molecule is CC(C)c1nnc([C@H]2COCCN2C(=O)c2csc(C(C)C)n2)o1. The largest absolute Gasteiger partial charge is 0.423 e. The van der Waals surface area contributed by atoms with Gasteiger partial charge in [0, 0.05) is 23.8 Å². The summed E-state index contributed by atoms with van der Waals surface area (Å²) in [6.45, 7) is 9.44. The Kier molecular flexibility index (Phi) is 4.96. The van der Waals surface area contributed by atoms with Gasteiger partial charge in [0.05, 0.1) is 18.2 Å². The monoisotopic (exact) mass is 350 g/mol. The van der Waals surface area contributed by atoms with Gasteiger partial charge in [0.2, 0.25) is 11.8 Å². The van der Waals surface area contributed by atoms with Crippen LogP contribution in [0.4, 0.5) is 0 Å². The molecule has 24 heavy (non-hydrogen) atoms. The topological polar surface area (TPSA) is 81.4 Å². The third kappa shape index (κ3) is 3.34. The molecule has 2 aromatic heterocycles. The first-order chi connectivity index (χ1) is 11.5. The third-order valence-corrected chi connectivity index (χ3v) is 5.00. The van der Waals surface area contributed by atoms with Gasteiger partial charge in [-0.05, 0) is 0 Å².